The third-order valence-electron chi connectivity index (χ3n) is 3.19. The molecule has 0 radical (unpaired) electrons. The second-order valence-corrected chi connectivity index (χ2v) is 5.16. The SMILES string of the molecule is CCOc1ccc(C(Cl)c2cc(C)ccc2C)cc1. The molecule has 2 rings (SSSR count). The number of hydrogen-bond donors (Lipinski definition) is 0. The fraction of sp³-hybridized carbons (Fsp3) is 0.294. The van der Waals surface area contributed by atoms with Gasteiger partial charge in [-0.2, -0.15) is 0 Å². The predicted octanol–water partition coefficient (Wildman–Crippen LogP) is 5.03. The zero-order chi connectivity index (χ0) is 13.8. The zero-order valence-corrected chi connectivity index (χ0v) is 12.4. The topological polar surface area (TPSA) is 9.23 Å². The maximum Gasteiger partial charge on any atom is 0.119 e. The minimum absolute atomic E-state index is 0.115. The molecule has 0 aliphatic rings. The normalized spacial score (nSPS) is 12.2. The summed E-state index contributed by atoms with van der Waals surface area (Å²) in [4.78, 5) is 0. The van der Waals surface area contributed by atoms with Crippen LogP contribution in [0.15, 0.2) is 42.5 Å². The highest BCUT2D eigenvalue weighted by Crippen LogP contribution is 2.32. The van der Waals surface area contributed by atoms with Crippen LogP contribution in [-0.4, -0.2) is 6.61 Å². The third-order valence-corrected chi connectivity index (χ3v) is 3.68. The Balaban J connectivity index is 2.27. The summed E-state index contributed by atoms with van der Waals surface area (Å²) in [5, 5.41) is -0.115. The quantitative estimate of drug-likeness (QED) is 0.711. The third kappa shape index (κ3) is 3.30. The lowest BCUT2D eigenvalue weighted by atomic mass is 9.98. The van der Waals surface area contributed by atoms with E-state index in [1.165, 1.54) is 16.7 Å². The van der Waals surface area contributed by atoms with Gasteiger partial charge in [0.2, 0.25) is 0 Å². The minimum atomic E-state index is -0.115. The molecule has 2 heteroatoms. The number of rotatable bonds is 4. The molecule has 1 atom stereocenters. The van der Waals surface area contributed by atoms with E-state index < -0.39 is 0 Å². The Bertz CT molecular complexity index is 546. The van der Waals surface area contributed by atoms with Crippen LogP contribution >= 0.6 is 11.6 Å². The Morgan fingerprint density at radius 1 is 1.05 bits per heavy atom. The first kappa shape index (κ1) is 14.0. The molecule has 1 unspecified atom stereocenters. The lowest BCUT2D eigenvalue weighted by Crippen LogP contribution is -1.98. The monoisotopic (exact) mass is 274 g/mol. The van der Waals surface area contributed by atoms with E-state index in [0.717, 1.165) is 11.3 Å². The van der Waals surface area contributed by atoms with Crippen molar-refractivity contribution in [3.8, 4) is 5.75 Å². The summed E-state index contributed by atoms with van der Waals surface area (Å²) in [6.45, 7) is 6.85. The Morgan fingerprint density at radius 2 is 1.74 bits per heavy atom. The number of ether oxygens (including phenoxy) is 1. The van der Waals surface area contributed by atoms with Crippen LogP contribution < -0.4 is 4.74 Å². The van der Waals surface area contributed by atoms with E-state index in [9.17, 15) is 0 Å². The number of halogens is 1. The molecule has 0 N–H and O–H groups in total. The predicted molar refractivity (Wildman–Crippen MR) is 81.2 cm³/mol. The second-order valence-electron chi connectivity index (χ2n) is 4.72. The molecule has 100 valence electrons. The molecule has 19 heavy (non-hydrogen) atoms. The minimum Gasteiger partial charge on any atom is -0.494 e. The van der Waals surface area contributed by atoms with E-state index >= 15 is 0 Å². The lowest BCUT2D eigenvalue weighted by Gasteiger charge is -2.14. The van der Waals surface area contributed by atoms with Crippen molar-refractivity contribution < 1.29 is 4.74 Å². The summed E-state index contributed by atoms with van der Waals surface area (Å²) in [6.07, 6.45) is 0. The van der Waals surface area contributed by atoms with Crippen molar-refractivity contribution in [1.82, 2.24) is 0 Å². The van der Waals surface area contributed by atoms with Gasteiger partial charge >= 0.3 is 0 Å². The van der Waals surface area contributed by atoms with E-state index in [1.807, 2.05) is 31.2 Å². The number of alkyl halides is 1. The van der Waals surface area contributed by atoms with Crippen LogP contribution in [0.2, 0.25) is 0 Å². The zero-order valence-electron chi connectivity index (χ0n) is 11.6. The second kappa shape index (κ2) is 6.12. The fourth-order valence-electron chi connectivity index (χ4n) is 2.11. The van der Waals surface area contributed by atoms with Crippen molar-refractivity contribution >= 4 is 11.6 Å². The van der Waals surface area contributed by atoms with Crippen LogP contribution in [0.5, 0.6) is 5.75 Å². The van der Waals surface area contributed by atoms with Gasteiger partial charge in [-0.05, 0) is 49.6 Å². The molecular formula is C17H19ClO. The highest BCUT2D eigenvalue weighted by atomic mass is 35.5. The van der Waals surface area contributed by atoms with Crippen molar-refractivity contribution in [1.29, 1.82) is 0 Å². The molecule has 0 amide bonds. The largest absolute Gasteiger partial charge is 0.494 e. The van der Waals surface area contributed by atoms with E-state index in [1.54, 1.807) is 0 Å². The number of aryl methyl sites for hydroxylation is 2. The van der Waals surface area contributed by atoms with Gasteiger partial charge in [0.05, 0.1) is 12.0 Å². The van der Waals surface area contributed by atoms with Crippen molar-refractivity contribution in [2.24, 2.45) is 0 Å². The Hall–Kier alpha value is -1.47. The van der Waals surface area contributed by atoms with Crippen molar-refractivity contribution in [2.75, 3.05) is 6.61 Å². The van der Waals surface area contributed by atoms with E-state index in [2.05, 4.69) is 32.0 Å². The van der Waals surface area contributed by atoms with Crippen LogP contribution in [0.4, 0.5) is 0 Å². The molecule has 0 fully saturated rings. The maximum absolute atomic E-state index is 6.60. The number of hydrogen-bond acceptors (Lipinski definition) is 1. The molecule has 0 spiro atoms. The van der Waals surface area contributed by atoms with E-state index in [-0.39, 0.29) is 5.38 Å². The Morgan fingerprint density at radius 3 is 2.37 bits per heavy atom. The van der Waals surface area contributed by atoms with Crippen LogP contribution in [-0.2, 0) is 0 Å². The highest BCUT2D eigenvalue weighted by molar-refractivity contribution is 6.22. The van der Waals surface area contributed by atoms with Gasteiger partial charge < -0.3 is 4.74 Å². The molecule has 0 aliphatic heterocycles. The van der Waals surface area contributed by atoms with Gasteiger partial charge in [0, 0.05) is 0 Å². The van der Waals surface area contributed by atoms with Gasteiger partial charge in [-0.1, -0.05) is 35.9 Å². The van der Waals surface area contributed by atoms with Crippen LogP contribution in [0.1, 0.15) is 34.6 Å². The first-order valence-corrected chi connectivity index (χ1v) is 6.99. The van der Waals surface area contributed by atoms with Crippen LogP contribution in [0.3, 0.4) is 0 Å². The fourth-order valence-corrected chi connectivity index (χ4v) is 2.49. The first-order valence-electron chi connectivity index (χ1n) is 6.55. The molecule has 0 aliphatic carbocycles. The van der Waals surface area contributed by atoms with Crippen LogP contribution in [0, 0.1) is 13.8 Å². The molecular weight excluding hydrogens is 256 g/mol. The molecule has 0 heterocycles. The summed E-state index contributed by atoms with van der Waals surface area (Å²) in [5.74, 6) is 0.885. The van der Waals surface area contributed by atoms with Gasteiger partial charge in [-0.25, -0.2) is 0 Å². The highest BCUT2D eigenvalue weighted by Gasteiger charge is 2.13. The first-order chi connectivity index (χ1) is 9.11. The van der Waals surface area contributed by atoms with E-state index in [4.69, 9.17) is 16.3 Å². The maximum atomic E-state index is 6.60. The molecule has 0 saturated heterocycles. The van der Waals surface area contributed by atoms with Gasteiger partial charge in [0.1, 0.15) is 5.75 Å². The molecule has 2 aromatic rings. The molecule has 2 aromatic carbocycles. The Kier molecular flexibility index (Phi) is 4.49. The van der Waals surface area contributed by atoms with Gasteiger partial charge in [0.15, 0.2) is 0 Å². The standard InChI is InChI=1S/C17H19ClO/c1-4-19-15-9-7-14(8-10-15)17(18)16-11-12(2)5-6-13(16)3/h5-11,17H,4H2,1-3H3. The Labute approximate surface area is 120 Å². The van der Waals surface area contributed by atoms with Gasteiger partial charge in [0.25, 0.3) is 0 Å². The molecule has 0 saturated carbocycles. The van der Waals surface area contributed by atoms with E-state index in [0.29, 0.717) is 6.61 Å². The number of benzene rings is 2. The van der Waals surface area contributed by atoms with Gasteiger partial charge in [-0.3, -0.25) is 0 Å². The summed E-state index contributed by atoms with van der Waals surface area (Å²) in [6, 6.07) is 14.4. The van der Waals surface area contributed by atoms with Crippen LogP contribution in [0.25, 0.3) is 0 Å². The summed E-state index contributed by atoms with van der Waals surface area (Å²) >= 11 is 6.60. The summed E-state index contributed by atoms with van der Waals surface area (Å²) < 4.78 is 5.45. The average molecular weight is 275 g/mol. The van der Waals surface area contributed by atoms with Crippen molar-refractivity contribution in [3.05, 3.63) is 64.7 Å². The summed E-state index contributed by atoms with van der Waals surface area (Å²) in [7, 11) is 0. The molecule has 0 aromatic heterocycles. The molecule has 1 nitrogen and oxygen atoms in total. The summed E-state index contributed by atoms with van der Waals surface area (Å²) in [5.41, 5.74) is 4.72. The van der Waals surface area contributed by atoms with Gasteiger partial charge in [-0.15, -0.1) is 11.6 Å². The van der Waals surface area contributed by atoms with Crippen molar-refractivity contribution in [3.63, 3.8) is 0 Å². The molecule has 0 bridgehead atoms. The smallest absolute Gasteiger partial charge is 0.119 e. The average Bonchev–Trinajstić information content (AvgIpc) is 2.42. The lowest BCUT2D eigenvalue weighted by molar-refractivity contribution is 0.340. The van der Waals surface area contributed by atoms with Crippen molar-refractivity contribution in [2.45, 2.75) is 26.1 Å².